The lowest BCUT2D eigenvalue weighted by atomic mass is 10.2. The molecule has 2 aromatic rings. The van der Waals surface area contributed by atoms with Crippen molar-refractivity contribution in [1.29, 1.82) is 0 Å². The molecule has 0 atom stereocenters. The predicted molar refractivity (Wildman–Crippen MR) is 62.7 cm³/mol. The Labute approximate surface area is 98.3 Å². The minimum atomic E-state index is -0.850. The first-order chi connectivity index (χ1) is 8.15. The molecule has 1 heterocycles. The number of hydrogen-bond donors (Lipinski definition) is 1. The summed E-state index contributed by atoms with van der Waals surface area (Å²) in [4.78, 5) is 4.05. The number of aromatic nitrogens is 1. The van der Waals surface area contributed by atoms with Gasteiger partial charge < -0.3 is 5.32 Å². The Morgan fingerprint density at radius 1 is 1.12 bits per heavy atom. The molecule has 0 aliphatic carbocycles. The highest BCUT2D eigenvalue weighted by atomic mass is 19.2. The lowest BCUT2D eigenvalue weighted by molar-refractivity contribution is 0.509. The van der Waals surface area contributed by atoms with Gasteiger partial charge in [-0.1, -0.05) is 6.07 Å². The number of hydrogen-bond acceptors (Lipinski definition) is 2. The molecule has 0 spiro atoms. The summed E-state index contributed by atoms with van der Waals surface area (Å²) in [5.41, 5.74) is 2.61. The number of nitrogens with zero attached hydrogens (tertiary/aromatic N) is 1. The van der Waals surface area contributed by atoms with Gasteiger partial charge in [0.1, 0.15) is 0 Å². The second kappa shape index (κ2) is 4.91. The number of pyridine rings is 1. The lowest BCUT2D eigenvalue weighted by Gasteiger charge is -2.07. The van der Waals surface area contributed by atoms with Gasteiger partial charge in [0.25, 0.3) is 0 Å². The van der Waals surface area contributed by atoms with E-state index >= 15 is 0 Å². The predicted octanol–water partition coefficient (Wildman–Crippen LogP) is 3.28. The van der Waals surface area contributed by atoms with Crippen molar-refractivity contribution in [3.05, 3.63) is 59.4 Å². The Balaban J connectivity index is 2.05. The SMILES string of the molecule is Cc1cncc(CNc2ccc(F)c(F)c2)c1. The molecule has 0 aliphatic heterocycles. The zero-order chi connectivity index (χ0) is 12.3. The molecular weight excluding hydrogens is 222 g/mol. The minimum Gasteiger partial charge on any atom is -0.381 e. The summed E-state index contributed by atoms with van der Waals surface area (Å²) < 4.78 is 25.6. The van der Waals surface area contributed by atoms with Crippen molar-refractivity contribution in [1.82, 2.24) is 4.98 Å². The van der Waals surface area contributed by atoms with E-state index in [0.717, 1.165) is 23.3 Å². The number of nitrogens with one attached hydrogen (secondary N) is 1. The molecule has 17 heavy (non-hydrogen) atoms. The largest absolute Gasteiger partial charge is 0.381 e. The summed E-state index contributed by atoms with van der Waals surface area (Å²) in [6.07, 6.45) is 3.50. The van der Waals surface area contributed by atoms with E-state index in [1.54, 1.807) is 12.4 Å². The van der Waals surface area contributed by atoms with Crippen molar-refractivity contribution in [2.75, 3.05) is 5.32 Å². The van der Waals surface area contributed by atoms with Gasteiger partial charge in [-0.15, -0.1) is 0 Å². The normalized spacial score (nSPS) is 10.3. The number of anilines is 1. The highest BCUT2D eigenvalue weighted by Gasteiger charge is 2.02. The van der Waals surface area contributed by atoms with Crippen LogP contribution in [0.1, 0.15) is 11.1 Å². The summed E-state index contributed by atoms with van der Waals surface area (Å²) in [6.45, 7) is 2.48. The fourth-order valence-corrected chi connectivity index (χ4v) is 1.52. The Kier molecular flexibility index (Phi) is 3.32. The number of benzene rings is 1. The molecule has 0 aliphatic rings. The van der Waals surface area contributed by atoms with Gasteiger partial charge in [0.05, 0.1) is 0 Å². The average molecular weight is 234 g/mol. The van der Waals surface area contributed by atoms with Gasteiger partial charge in [-0.05, 0) is 30.2 Å². The molecule has 0 radical (unpaired) electrons. The first-order valence-corrected chi connectivity index (χ1v) is 5.24. The third kappa shape index (κ3) is 3.00. The topological polar surface area (TPSA) is 24.9 Å². The van der Waals surface area contributed by atoms with Crippen molar-refractivity contribution in [3.8, 4) is 0 Å². The molecule has 0 unspecified atom stereocenters. The molecule has 0 bridgehead atoms. The van der Waals surface area contributed by atoms with Crippen LogP contribution < -0.4 is 5.32 Å². The maximum atomic E-state index is 12.9. The van der Waals surface area contributed by atoms with Crippen molar-refractivity contribution >= 4 is 5.69 Å². The zero-order valence-electron chi connectivity index (χ0n) is 9.37. The summed E-state index contributed by atoms with van der Waals surface area (Å²) in [7, 11) is 0. The van der Waals surface area contributed by atoms with Crippen LogP contribution in [0.15, 0.2) is 36.7 Å². The number of rotatable bonds is 3. The zero-order valence-corrected chi connectivity index (χ0v) is 9.37. The number of halogens is 2. The van der Waals surface area contributed by atoms with Crippen molar-refractivity contribution < 1.29 is 8.78 Å². The lowest BCUT2D eigenvalue weighted by Crippen LogP contribution is -2.01. The van der Waals surface area contributed by atoms with E-state index in [9.17, 15) is 8.78 Å². The van der Waals surface area contributed by atoms with Crippen LogP contribution in [-0.4, -0.2) is 4.98 Å². The van der Waals surface area contributed by atoms with E-state index in [0.29, 0.717) is 12.2 Å². The van der Waals surface area contributed by atoms with Crippen LogP contribution in [0.2, 0.25) is 0 Å². The van der Waals surface area contributed by atoms with Gasteiger partial charge in [0.15, 0.2) is 11.6 Å². The molecule has 2 rings (SSSR count). The van der Waals surface area contributed by atoms with Crippen LogP contribution in [0, 0.1) is 18.6 Å². The van der Waals surface area contributed by atoms with Crippen LogP contribution in [-0.2, 0) is 6.54 Å². The third-order valence-electron chi connectivity index (χ3n) is 2.35. The van der Waals surface area contributed by atoms with Crippen LogP contribution in [0.5, 0.6) is 0 Å². The maximum absolute atomic E-state index is 12.9. The maximum Gasteiger partial charge on any atom is 0.160 e. The summed E-state index contributed by atoms with van der Waals surface area (Å²) >= 11 is 0. The number of aryl methyl sites for hydroxylation is 1. The molecule has 0 amide bonds. The van der Waals surface area contributed by atoms with Crippen molar-refractivity contribution in [3.63, 3.8) is 0 Å². The molecular formula is C13H12F2N2. The minimum absolute atomic E-state index is 0.528. The van der Waals surface area contributed by atoms with E-state index in [1.165, 1.54) is 6.07 Å². The highest BCUT2D eigenvalue weighted by molar-refractivity contribution is 5.44. The smallest absolute Gasteiger partial charge is 0.160 e. The van der Waals surface area contributed by atoms with E-state index in [1.807, 2.05) is 13.0 Å². The fraction of sp³-hybridized carbons (Fsp3) is 0.154. The van der Waals surface area contributed by atoms with Crippen molar-refractivity contribution in [2.24, 2.45) is 0 Å². The van der Waals surface area contributed by atoms with E-state index in [-0.39, 0.29) is 0 Å². The van der Waals surface area contributed by atoms with Crippen LogP contribution in [0.4, 0.5) is 14.5 Å². The molecule has 4 heteroatoms. The molecule has 0 fully saturated rings. The monoisotopic (exact) mass is 234 g/mol. The van der Waals surface area contributed by atoms with Gasteiger partial charge in [-0.3, -0.25) is 4.98 Å². The Bertz CT molecular complexity index is 527. The average Bonchev–Trinajstić information content (AvgIpc) is 2.31. The summed E-state index contributed by atoms with van der Waals surface area (Å²) in [5.74, 6) is -1.69. The van der Waals surface area contributed by atoms with Gasteiger partial charge in [0, 0.05) is 30.7 Å². The Morgan fingerprint density at radius 3 is 2.65 bits per heavy atom. The summed E-state index contributed by atoms with van der Waals surface area (Å²) in [5, 5.41) is 3.01. The van der Waals surface area contributed by atoms with Gasteiger partial charge in [-0.2, -0.15) is 0 Å². The van der Waals surface area contributed by atoms with E-state index < -0.39 is 11.6 Å². The van der Waals surface area contributed by atoms with Crippen LogP contribution in [0.3, 0.4) is 0 Å². The van der Waals surface area contributed by atoms with Gasteiger partial charge in [-0.25, -0.2) is 8.78 Å². The van der Waals surface area contributed by atoms with Crippen LogP contribution in [0.25, 0.3) is 0 Å². The molecule has 0 saturated carbocycles. The standard InChI is InChI=1S/C13H12F2N2/c1-9-4-10(7-16-6-9)8-17-11-2-3-12(14)13(15)5-11/h2-7,17H,8H2,1H3. The molecule has 1 N–H and O–H groups in total. The molecule has 1 aromatic carbocycles. The molecule has 1 aromatic heterocycles. The highest BCUT2D eigenvalue weighted by Crippen LogP contribution is 2.14. The summed E-state index contributed by atoms with van der Waals surface area (Å²) in [6, 6.07) is 5.73. The van der Waals surface area contributed by atoms with Gasteiger partial charge in [0.2, 0.25) is 0 Å². The quantitative estimate of drug-likeness (QED) is 0.881. The Morgan fingerprint density at radius 2 is 1.94 bits per heavy atom. The molecule has 2 nitrogen and oxygen atoms in total. The molecule has 0 saturated heterocycles. The first-order valence-electron chi connectivity index (χ1n) is 5.24. The second-order valence-corrected chi connectivity index (χ2v) is 3.85. The second-order valence-electron chi connectivity index (χ2n) is 3.85. The van der Waals surface area contributed by atoms with Gasteiger partial charge >= 0.3 is 0 Å². The van der Waals surface area contributed by atoms with Crippen molar-refractivity contribution in [2.45, 2.75) is 13.5 Å². The first kappa shape index (κ1) is 11.5. The van der Waals surface area contributed by atoms with E-state index in [2.05, 4.69) is 10.3 Å². The van der Waals surface area contributed by atoms with E-state index in [4.69, 9.17) is 0 Å². The molecule has 88 valence electrons. The third-order valence-corrected chi connectivity index (χ3v) is 2.35. The Hall–Kier alpha value is -1.97. The fourth-order valence-electron chi connectivity index (χ4n) is 1.52. The van der Waals surface area contributed by atoms with Crippen LogP contribution >= 0.6 is 0 Å².